The molecule has 0 saturated heterocycles. The minimum absolute atomic E-state index is 0.307. The Morgan fingerprint density at radius 2 is 1.79 bits per heavy atom. The van der Waals surface area contributed by atoms with Gasteiger partial charge in [0.05, 0.1) is 18.3 Å². The summed E-state index contributed by atoms with van der Waals surface area (Å²) < 4.78 is 1.92. The van der Waals surface area contributed by atoms with Gasteiger partial charge in [-0.25, -0.2) is 4.99 Å². The van der Waals surface area contributed by atoms with Gasteiger partial charge in [0.2, 0.25) is 0 Å². The molecule has 0 aliphatic rings. The van der Waals surface area contributed by atoms with Gasteiger partial charge in [0.25, 0.3) is 0 Å². The summed E-state index contributed by atoms with van der Waals surface area (Å²) in [7, 11) is 1.98. The molecule has 0 radical (unpaired) electrons. The van der Waals surface area contributed by atoms with E-state index in [1.807, 2.05) is 18.7 Å². The quantitative estimate of drug-likeness (QED) is 0.515. The molecule has 0 bridgehead atoms. The van der Waals surface area contributed by atoms with Gasteiger partial charge in [-0.2, -0.15) is 5.10 Å². The highest BCUT2D eigenvalue weighted by molar-refractivity contribution is 5.79. The van der Waals surface area contributed by atoms with Crippen LogP contribution >= 0.6 is 0 Å². The molecule has 2 rings (SSSR count). The molecule has 0 aliphatic heterocycles. The Hall–Kier alpha value is -2.34. The van der Waals surface area contributed by atoms with E-state index in [-0.39, 0.29) is 0 Å². The second-order valence-corrected chi connectivity index (χ2v) is 7.00. The van der Waals surface area contributed by atoms with E-state index in [4.69, 9.17) is 4.99 Å². The van der Waals surface area contributed by atoms with Crippen molar-refractivity contribution in [2.75, 3.05) is 26.2 Å². The van der Waals surface area contributed by atoms with Crippen molar-refractivity contribution in [3.63, 3.8) is 0 Å². The van der Waals surface area contributed by atoms with Gasteiger partial charge in [-0.1, -0.05) is 44.2 Å². The van der Waals surface area contributed by atoms with Crippen LogP contribution in [0, 0.1) is 13.8 Å². The van der Waals surface area contributed by atoms with Crippen molar-refractivity contribution in [1.82, 2.24) is 25.3 Å². The molecule has 1 atom stereocenters. The van der Waals surface area contributed by atoms with Crippen molar-refractivity contribution < 1.29 is 0 Å². The van der Waals surface area contributed by atoms with Crippen molar-refractivity contribution in [3.05, 3.63) is 52.8 Å². The third-order valence-electron chi connectivity index (χ3n) is 5.30. The molecule has 6 heteroatoms. The van der Waals surface area contributed by atoms with Crippen molar-refractivity contribution >= 4 is 5.96 Å². The Kier molecular flexibility index (Phi) is 8.51. The fourth-order valence-corrected chi connectivity index (χ4v) is 3.54. The molecule has 1 aromatic carbocycles. The lowest BCUT2D eigenvalue weighted by atomic mass is 10.1. The number of aryl methyl sites for hydroxylation is 2. The van der Waals surface area contributed by atoms with Gasteiger partial charge < -0.3 is 10.6 Å². The molecule has 0 saturated carbocycles. The van der Waals surface area contributed by atoms with Gasteiger partial charge in [0.15, 0.2) is 5.96 Å². The Morgan fingerprint density at radius 1 is 1.11 bits per heavy atom. The highest BCUT2D eigenvalue weighted by atomic mass is 15.3. The van der Waals surface area contributed by atoms with Crippen LogP contribution in [0.2, 0.25) is 0 Å². The van der Waals surface area contributed by atoms with Gasteiger partial charge >= 0.3 is 0 Å². The summed E-state index contributed by atoms with van der Waals surface area (Å²) in [6, 6.07) is 11.0. The van der Waals surface area contributed by atoms with Crippen molar-refractivity contribution in [1.29, 1.82) is 0 Å². The molecule has 0 fully saturated rings. The van der Waals surface area contributed by atoms with Crippen LogP contribution in [0.15, 0.2) is 35.3 Å². The summed E-state index contributed by atoms with van der Waals surface area (Å²) in [6.07, 6.45) is 0. The normalized spacial score (nSPS) is 13.0. The van der Waals surface area contributed by atoms with Crippen LogP contribution in [-0.2, 0) is 13.6 Å². The number of hydrogen-bond acceptors (Lipinski definition) is 3. The van der Waals surface area contributed by atoms with Gasteiger partial charge in [-0.3, -0.25) is 9.58 Å². The van der Waals surface area contributed by atoms with E-state index in [1.165, 1.54) is 16.8 Å². The van der Waals surface area contributed by atoms with Crippen LogP contribution in [0.3, 0.4) is 0 Å². The molecule has 1 heterocycles. The van der Waals surface area contributed by atoms with Crippen molar-refractivity contribution in [2.24, 2.45) is 12.0 Å². The summed E-state index contributed by atoms with van der Waals surface area (Å²) >= 11 is 0. The standard InChI is InChI=1S/C22H36N6/c1-7-23-22(24-15-20-17(4)26-27(6)18(20)5)25-16-21(28(8-2)9-3)19-13-11-10-12-14-19/h10-14,21H,7-9,15-16H2,1-6H3,(H2,23,24,25). The largest absolute Gasteiger partial charge is 0.357 e. The molecule has 1 aromatic heterocycles. The summed E-state index contributed by atoms with van der Waals surface area (Å²) in [5.74, 6) is 0.846. The fraction of sp³-hybridized carbons (Fsp3) is 0.545. The molecular weight excluding hydrogens is 348 g/mol. The fourth-order valence-electron chi connectivity index (χ4n) is 3.54. The van der Waals surface area contributed by atoms with Gasteiger partial charge in [-0.15, -0.1) is 0 Å². The van der Waals surface area contributed by atoms with Crippen LogP contribution in [-0.4, -0.2) is 46.8 Å². The SMILES string of the molecule is CCNC(=NCc1c(C)nn(C)c1C)NCC(c1ccccc1)N(CC)CC. The zero-order valence-corrected chi connectivity index (χ0v) is 18.3. The van der Waals surface area contributed by atoms with Crippen LogP contribution in [0.5, 0.6) is 0 Å². The van der Waals surface area contributed by atoms with E-state index < -0.39 is 0 Å². The predicted molar refractivity (Wildman–Crippen MR) is 118 cm³/mol. The van der Waals surface area contributed by atoms with E-state index in [1.54, 1.807) is 0 Å². The van der Waals surface area contributed by atoms with Crippen molar-refractivity contribution in [3.8, 4) is 0 Å². The highest BCUT2D eigenvalue weighted by Gasteiger charge is 2.18. The maximum atomic E-state index is 4.82. The van der Waals surface area contributed by atoms with E-state index in [2.05, 4.69) is 78.7 Å². The molecular formula is C22H36N6. The molecule has 2 aromatic rings. The molecule has 154 valence electrons. The van der Waals surface area contributed by atoms with E-state index >= 15 is 0 Å². The maximum Gasteiger partial charge on any atom is 0.191 e. The first-order valence-corrected chi connectivity index (χ1v) is 10.3. The lowest BCUT2D eigenvalue weighted by Gasteiger charge is -2.30. The lowest BCUT2D eigenvalue weighted by Crippen LogP contribution is -2.43. The van der Waals surface area contributed by atoms with Crippen LogP contribution in [0.1, 0.15) is 49.3 Å². The summed E-state index contributed by atoms with van der Waals surface area (Å²) in [5, 5.41) is 11.4. The number of rotatable bonds is 9. The van der Waals surface area contributed by atoms with Gasteiger partial charge in [0.1, 0.15) is 0 Å². The number of nitrogens with zero attached hydrogens (tertiary/aromatic N) is 4. The third-order valence-corrected chi connectivity index (χ3v) is 5.30. The molecule has 0 amide bonds. The minimum Gasteiger partial charge on any atom is -0.357 e. The lowest BCUT2D eigenvalue weighted by molar-refractivity contribution is 0.219. The van der Waals surface area contributed by atoms with Crippen LogP contribution < -0.4 is 10.6 Å². The Balaban J connectivity index is 2.14. The van der Waals surface area contributed by atoms with Gasteiger partial charge in [0, 0.05) is 31.4 Å². The topological polar surface area (TPSA) is 57.5 Å². The highest BCUT2D eigenvalue weighted by Crippen LogP contribution is 2.19. The Bertz CT molecular complexity index is 746. The minimum atomic E-state index is 0.307. The first kappa shape index (κ1) is 22.0. The third kappa shape index (κ3) is 5.58. The second kappa shape index (κ2) is 10.9. The number of aromatic nitrogens is 2. The molecule has 28 heavy (non-hydrogen) atoms. The number of likely N-dealkylation sites (N-methyl/N-ethyl adjacent to an activating group) is 1. The molecule has 6 nitrogen and oxygen atoms in total. The first-order chi connectivity index (χ1) is 13.5. The Labute approximate surface area is 170 Å². The zero-order valence-electron chi connectivity index (χ0n) is 18.3. The second-order valence-electron chi connectivity index (χ2n) is 7.00. The number of aliphatic imine (C=N–C) groups is 1. The summed E-state index contributed by atoms with van der Waals surface area (Å²) in [5.41, 5.74) is 4.74. The number of hydrogen-bond donors (Lipinski definition) is 2. The number of guanidine groups is 1. The average Bonchev–Trinajstić information content (AvgIpc) is 2.95. The molecule has 0 aliphatic carbocycles. The van der Waals surface area contributed by atoms with E-state index in [0.717, 1.165) is 37.8 Å². The summed E-state index contributed by atoms with van der Waals surface area (Å²) in [6.45, 7) is 15.0. The summed E-state index contributed by atoms with van der Waals surface area (Å²) in [4.78, 5) is 7.29. The monoisotopic (exact) mass is 384 g/mol. The average molecular weight is 385 g/mol. The Morgan fingerprint density at radius 3 is 2.32 bits per heavy atom. The van der Waals surface area contributed by atoms with E-state index in [0.29, 0.717) is 12.6 Å². The van der Waals surface area contributed by atoms with Gasteiger partial charge in [-0.05, 0) is 39.4 Å². The first-order valence-electron chi connectivity index (χ1n) is 10.3. The van der Waals surface area contributed by atoms with Crippen LogP contribution in [0.25, 0.3) is 0 Å². The zero-order chi connectivity index (χ0) is 20.5. The molecule has 0 spiro atoms. The van der Waals surface area contributed by atoms with E-state index in [9.17, 15) is 0 Å². The number of nitrogens with one attached hydrogen (secondary N) is 2. The predicted octanol–water partition coefficient (Wildman–Crippen LogP) is 3.18. The molecule has 1 unspecified atom stereocenters. The van der Waals surface area contributed by atoms with Crippen LogP contribution in [0.4, 0.5) is 0 Å². The smallest absolute Gasteiger partial charge is 0.191 e. The molecule has 2 N–H and O–H groups in total. The van der Waals surface area contributed by atoms with Crippen molar-refractivity contribution in [2.45, 2.75) is 47.2 Å². The number of benzene rings is 1. The maximum absolute atomic E-state index is 4.82.